The van der Waals surface area contributed by atoms with Crippen molar-refractivity contribution in [2.45, 2.75) is 95.6 Å². The SMILES string of the molecule is O=C(NC1CCCCCC1)C1CC(=O)N(C2CCCCCC2)C1. The van der Waals surface area contributed by atoms with E-state index in [0.717, 1.165) is 25.7 Å². The van der Waals surface area contributed by atoms with Crippen LogP contribution in [0.1, 0.15) is 83.5 Å². The highest BCUT2D eigenvalue weighted by Crippen LogP contribution is 2.28. The second kappa shape index (κ2) is 8.16. The van der Waals surface area contributed by atoms with Crippen molar-refractivity contribution in [3.05, 3.63) is 0 Å². The Labute approximate surface area is 140 Å². The van der Waals surface area contributed by atoms with Gasteiger partial charge in [-0.25, -0.2) is 0 Å². The fourth-order valence-electron chi connectivity index (χ4n) is 4.57. The van der Waals surface area contributed by atoms with Crippen molar-refractivity contribution < 1.29 is 9.59 Å². The van der Waals surface area contributed by atoms with Crippen LogP contribution in [0.4, 0.5) is 0 Å². The first-order chi connectivity index (χ1) is 11.2. The summed E-state index contributed by atoms with van der Waals surface area (Å²) in [5.41, 5.74) is 0. The van der Waals surface area contributed by atoms with Gasteiger partial charge in [0.05, 0.1) is 5.92 Å². The van der Waals surface area contributed by atoms with Crippen molar-refractivity contribution in [2.75, 3.05) is 6.54 Å². The highest BCUT2D eigenvalue weighted by Gasteiger charge is 2.38. The molecule has 23 heavy (non-hydrogen) atoms. The molecule has 0 aromatic heterocycles. The van der Waals surface area contributed by atoms with Crippen LogP contribution in [0.5, 0.6) is 0 Å². The van der Waals surface area contributed by atoms with Gasteiger partial charge >= 0.3 is 0 Å². The Morgan fingerprint density at radius 2 is 1.43 bits per heavy atom. The van der Waals surface area contributed by atoms with Crippen LogP contribution in [0.15, 0.2) is 0 Å². The Hall–Kier alpha value is -1.06. The van der Waals surface area contributed by atoms with Gasteiger partial charge < -0.3 is 10.2 Å². The van der Waals surface area contributed by atoms with Crippen LogP contribution < -0.4 is 5.32 Å². The van der Waals surface area contributed by atoms with Gasteiger partial charge in [0.2, 0.25) is 11.8 Å². The number of carbonyl (C=O) groups is 2. The van der Waals surface area contributed by atoms with Crippen LogP contribution in [0, 0.1) is 5.92 Å². The van der Waals surface area contributed by atoms with E-state index in [1.54, 1.807) is 0 Å². The Morgan fingerprint density at radius 1 is 0.870 bits per heavy atom. The summed E-state index contributed by atoms with van der Waals surface area (Å²) < 4.78 is 0. The normalized spacial score (nSPS) is 28.4. The number of hydrogen-bond donors (Lipinski definition) is 1. The Morgan fingerprint density at radius 3 is 2.04 bits per heavy atom. The molecule has 3 aliphatic rings. The molecule has 4 heteroatoms. The summed E-state index contributed by atoms with van der Waals surface area (Å²) in [6, 6.07) is 0.729. The number of likely N-dealkylation sites (tertiary alicyclic amines) is 1. The number of rotatable bonds is 3. The number of carbonyl (C=O) groups excluding carboxylic acids is 2. The summed E-state index contributed by atoms with van der Waals surface area (Å²) in [4.78, 5) is 27.0. The molecule has 0 bridgehead atoms. The van der Waals surface area contributed by atoms with Crippen LogP contribution in [0.2, 0.25) is 0 Å². The van der Waals surface area contributed by atoms with Crippen molar-refractivity contribution in [3.63, 3.8) is 0 Å². The minimum atomic E-state index is -0.117. The quantitative estimate of drug-likeness (QED) is 0.810. The first-order valence-electron chi connectivity index (χ1n) is 9.84. The maximum absolute atomic E-state index is 12.6. The van der Waals surface area contributed by atoms with Crippen molar-refractivity contribution in [1.82, 2.24) is 10.2 Å². The predicted octanol–water partition coefficient (Wildman–Crippen LogP) is 3.40. The van der Waals surface area contributed by atoms with Gasteiger partial charge in [0, 0.05) is 25.0 Å². The molecule has 130 valence electrons. The zero-order valence-electron chi connectivity index (χ0n) is 14.4. The van der Waals surface area contributed by atoms with E-state index in [1.165, 1.54) is 51.4 Å². The van der Waals surface area contributed by atoms with E-state index in [0.29, 0.717) is 25.0 Å². The van der Waals surface area contributed by atoms with E-state index in [-0.39, 0.29) is 17.7 Å². The third kappa shape index (κ3) is 4.48. The van der Waals surface area contributed by atoms with E-state index in [1.807, 2.05) is 4.90 Å². The van der Waals surface area contributed by atoms with Gasteiger partial charge in [0.1, 0.15) is 0 Å². The van der Waals surface area contributed by atoms with E-state index < -0.39 is 0 Å². The Balaban J connectivity index is 1.52. The average molecular weight is 320 g/mol. The fraction of sp³-hybridized carbons (Fsp3) is 0.895. The average Bonchev–Trinajstić information content (AvgIpc) is 2.78. The largest absolute Gasteiger partial charge is 0.353 e. The smallest absolute Gasteiger partial charge is 0.225 e. The van der Waals surface area contributed by atoms with Gasteiger partial charge in [0.15, 0.2) is 0 Å². The zero-order valence-corrected chi connectivity index (χ0v) is 14.4. The van der Waals surface area contributed by atoms with Crippen molar-refractivity contribution >= 4 is 11.8 Å². The molecule has 2 saturated carbocycles. The Kier molecular flexibility index (Phi) is 5.96. The van der Waals surface area contributed by atoms with Crippen molar-refractivity contribution in [3.8, 4) is 0 Å². The molecule has 1 N–H and O–H groups in total. The Bertz CT molecular complexity index is 408. The maximum atomic E-state index is 12.6. The van der Waals surface area contributed by atoms with Crippen LogP contribution in [0.3, 0.4) is 0 Å². The number of nitrogens with zero attached hydrogens (tertiary/aromatic N) is 1. The van der Waals surface area contributed by atoms with Gasteiger partial charge in [-0.15, -0.1) is 0 Å². The molecule has 2 amide bonds. The molecule has 1 atom stereocenters. The number of hydrogen-bond acceptors (Lipinski definition) is 2. The molecule has 2 aliphatic carbocycles. The topological polar surface area (TPSA) is 49.4 Å². The molecule has 0 aromatic rings. The van der Waals surface area contributed by atoms with Crippen LogP contribution in [-0.2, 0) is 9.59 Å². The molecule has 4 nitrogen and oxygen atoms in total. The summed E-state index contributed by atoms with van der Waals surface area (Å²) in [7, 11) is 0. The lowest BCUT2D eigenvalue weighted by Crippen LogP contribution is -2.41. The summed E-state index contributed by atoms with van der Waals surface area (Å²) in [5.74, 6) is 0.216. The van der Waals surface area contributed by atoms with Crippen LogP contribution in [-0.4, -0.2) is 35.3 Å². The second-order valence-electron chi connectivity index (χ2n) is 7.79. The highest BCUT2D eigenvalue weighted by atomic mass is 16.2. The summed E-state index contributed by atoms with van der Waals surface area (Å²) in [5, 5.41) is 3.24. The van der Waals surface area contributed by atoms with E-state index >= 15 is 0 Å². The molecule has 0 radical (unpaired) electrons. The lowest BCUT2D eigenvalue weighted by atomic mass is 10.0. The molecule has 1 unspecified atom stereocenters. The van der Waals surface area contributed by atoms with Crippen LogP contribution >= 0.6 is 0 Å². The summed E-state index contributed by atoms with van der Waals surface area (Å²) in [6.45, 7) is 0.655. The highest BCUT2D eigenvalue weighted by molar-refractivity contribution is 5.89. The lowest BCUT2D eigenvalue weighted by molar-refractivity contribution is -0.130. The lowest BCUT2D eigenvalue weighted by Gasteiger charge is -2.27. The van der Waals surface area contributed by atoms with Gasteiger partial charge in [-0.05, 0) is 25.7 Å². The number of nitrogens with one attached hydrogen (secondary N) is 1. The molecular weight excluding hydrogens is 288 g/mol. The molecule has 1 saturated heterocycles. The molecule has 3 fully saturated rings. The summed E-state index contributed by atoms with van der Waals surface area (Å²) in [6.07, 6.45) is 15.0. The molecule has 3 rings (SSSR count). The summed E-state index contributed by atoms with van der Waals surface area (Å²) >= 11 is 0. The van der Waals surface area contributed by atoms with E-state index in [4.69, 9.17) is 0 Å². The van der Waals surface area contributed by atoms with E-state index in [2.05, 4.69) is 5.32 Å². The minimum absolute atomic E-state index is 0.117. The van der Waals surface area contributed by atoms with E-state index in [9.17, 15) is 9.59 Å². The third-order valence-electron chi connectivity index (χ3n) is 6.00. The van der Waals surface area contributed by atoms with Gasteiger partial charge in [-0.1, -0.05) is 51.4 Å². The van der Waals surface area contributed by atoms with Crippen LogP contribution in [0.25, 0.3) is 0 Å². The van der Waals surface area contributed by atoms with Gasteiger partial charge in [0.25, 0.3) is 0 Å². The number of amides is 2. The molecule has 1 heterocycles. The molecule has 0 spiro atoms. The second-order valence-corrected chi connectivity index (χ2v) is 7.79. The van der Waals surface area contributed by atoms with Gasteiger partial charge in [-0.2, -0.15) is 0 Å². The predicted molar refractivity (Wildman–Crippen MR) is 90.9 cm³/mol. The van der Waals surface area contributed by atoms with Crippen molar-refractivity contribution in [2.24, 2.45) is 5.92 Å². The van der Waals surface area contributed by atoms with Gasteiger partial charge in [-0.3, -0.25) is 9.59 Å². The third-order valence-corrected chi connectivity index (χ3v) is 6.00. The molecule has 0 aromatic carbocycles. The fourth-order valence-corrected chi connectivity index (χ4v) is 4.57. The molecule has 1 aliphatic heterocycles. The molecular formula is C19H32N2O2. The maximum Gasteiger partial charge on any atom is 0.225 e. The first-order valence-corrected chi connectivity index (χ1v) is 9.84. The minimum Gasteiger partial charge on any atom is -0.353 e. The monoisotopic (exact) mass is 320 g/mol. The first kappa shape index (κ1) is 16.8. The standard InChI is InChI=1S/C19H32N2O2/c22-18-13-15(14-21(18)17-11-7-3-4-8-12-17)19(23)20-16-9-5-1-2-6-10-16/h15-17H,1-14H2,(H,20,23). The van der Waals surface area contributed by atoms with Crippen molar-refractivity contribution in [1.29, 1.82) is 0 Å². The zero-order chi connectivity index (χ0) is 16.1.